The third-order valence-corrected chi connectivity index (χ3v) is 4.84. The van der Waals surface area contributed by atoms with Gasteiger partial charge in [-0.2, -0.15) is 0 Å². The number of nitrogens with zero attached hydrogens (tertiary/aromatic N) is 1. The van der Waals surface area contributed by atoms with Crippen molar-refractivity contribution < 1.29 is 9.53 Å². The maximum absolute atomic E-state index is 12.3. The zero-order valence-corrected chi connectivity index (χ0v) is 16.4. The number of benzene rings is 2. The van der Waals surface area contributed by atoms with E-state index in [2.05, 4.69) is 32.9 Å². The van der Waals surface area contributed by atoms with Crippen molar-refractivity contribution in [1.29, 1.82) is 0 Å². The molecule has 4 nitrogen and oxygen atoms in total. The van der Waals surface area contributed by atoms with Gasteiger partial charge in [0.25, 0.3) is 5.91 Å². The van der Waals surface area contributed by atoms with Crippen LogP contribution in [0.5, 0.6) is 5.75 Å². The third kappa shape index (κ3) is 4.22. The van der Waals surface area contributed by atoms with Gasteiger partial charge in [0.1, 0.15) is 5.52 Å². The SMILES string of the molecule is C[C@@H](Oc1c(I)cc(Cl)c2cccnc12)C(=O)NCc1ccccc1. The average molecular weight is 467 g/mol. The highest BCUT2D eigenvalue weighted by Crippen LogP contribution is 2.35. The lowest BCUT2D eigenvalue weighted by Gasteiger charge is -2.17. The number of halogens is 2. The van der Waals surface area contributed by atoms with Crippen molar-refractivity contribution in [2.24, 2.45) is 0 Å². The molecule has 1 aromatic heterocycles. The Labute approximate surface area is 164 Å². The van der Waals surface area contributed by atoms with Crippen molar-refractivity contribution in [3.05, 3.63) is 68.9 Å². The number of hydrogen-bond acceptors (Lipinski definition) is 3. The van der Waals surface area contributed by atoms with Crippen LogP contribution >= 0.6 is 34.2 Å². The molecule has 1 atom stereocenters. The fraction of sp³-hybridized carbons (Fsp3) is 0.158. The van der Waals surface area contributed by atoms with Gasteiger partial charge in [-0.05, 0) is 53.3 Å². The Kier molecular flexibility index (Phi) is 5.75. The number of rotatable bonds is 5. The van der Waals surface area contributed by atoms with Gasteiger partial charge in [0.2, 0.25) is 0 Å². The number of nitrogens with one attached hydrogen (secondary N) is 1. The van der Waals surface area contributed by atoms with Gasteiger partial charge >= 0.3 is 0 Å². The molecule has 2 aromatic carbocycles. The van der Waals surface area contributed by atoms with E-state index in [4.69, 9.17) is 16.3 Å². The second-order valence-corrected chi connectivity index (χ2v) is 7.10. The van der Waals surface area contributed by atoms with E-state index in [-0.39, 0.29) is 5.91 Å². The smallest absolute Gasteiger partial charge is 0.261 e. The van der Waals surface area contributed by atoms with Crippen molar-refractivity contribution in [1.82, 2.24) is 10.3 Å². The van der Waals surface area contributed by atoms with Crippen LogP contribution in [0.3, 0.4) is 0 Å². The maximum atomic E-state index is 12.3. The Morgan fingerprint density at radius 3 is 2.80 bits per heavy atom. The Bertz CT molecular complexity index is 903. The molecule has 1 N–H and O–H groups in total. The van der Waals surface area contributed by atoms with Crippen LogP contribution in [0, 0.1) is 3.57 Å². The first-order chi connectivity index (χ1) is 12.1. The largest absolute Gasteiger partial charge is 0.477 e. The molecular weight excluding hydrogens is 451 g/mol. The molecule has 0 saturated heterocycles. The van der Waals surface area contributed by atoms with Crippen LogP contribution < -0.4 is 10.1 Å². The molecule has 0 saturated carbocycles. The predicted octanol–water partition coefficient (Wildman–Crippen LogP) is 4.58. The normalized spacial score (nSPS) is 12.0. The monoisotopic (exact) mass is 466 g/mol. The van der Waals surface area contributed by atoms with Crippen molar-refractivity contribution in [2.75, 3.05) is 0 Å². The summed E-state index contributed by atoms with van der Waals surface area (Å²) in [5.74, 6) is 0.390. The molecule has 0 aliphatic carbocycles. The molecule has 3 rings (SSSR count). The zero-order chi connectivity index (χ0) is 17.8. The minimum atomic E-state index is -0.649. The zero-order valence-electron chi connectivity index (χ0n) is 13.5. The molecule has 0 aliphatic rings. The van der Waals surface area contributed by atoms with Crippen LogP contribution in [0.2, 0.25) is 5.02 Å². The molecule has 0 bridgehead atoms. The number of carbonyl (C=O) groups excluding carboxylic acids is 1. The highest BCUT2D eigenvalue weighted by atomic mass is 127. The lowest BCUT2D eigenvalue weighted by atomic mass is 10.2. The van der Waals surface area contributed by atoms with Crippen LogP contribution in [-0.4, -0.2) is 17.0 Å². The van der Waals surface area contributed by atoms with Crippen LogP contribution in [0.1, 0.15) is 12.5 Å². The fourth-order valence-electron chi connectivity index (χ4n) is 2.42. The molecule has 1 heterocycles. The summed E-state index contributed by atoms with van der Waals surface area (Å²) in [7, 11) is 0. The summed E-state index contributed by atoms with van der Waals surface area (Å²) >= 11 is 8.41. The highest BCUT2D eigenvalue weighted by molar-refractivity contribution is 14.1. The van der Waals surface area contributed by atoms with Crippen LogP contribution in [0.15, 0.2) is 54.7 Å². The van der Waals surface area contributed by atoms with E-state index in [1.807, 2.05) is 48.5 Å². The standard InChI is InChI=1S/C19H16ClIN2O2/c1-12(19(24)23-11-13-6-3-2-4-7-13)25-18-16(21)10-15(20)14-8-5-9-22-17(14)18/h2-10,12H,11H2,1H3,(H,23,24)/t12-/m1/s1. The van der Waals surface area contributed by atoms with E-state index in [9.17, 15) is 4.79 Å². The lowest BCUT2D eigenvalue weighted by molar-refractivity contribution is -0.127. The molecule has 25 heavy (non-hydrogen) atoms. The number of pyridine rings is 1. The van der Waals surface area contributed by atoms with Crippen molar-refractivity contribution in [3.63, 3.8) is 0 Å². The van der Waals surface area contributed by atoms with Gasteiger partial charge in [0.05, 0.1) is 8.59 Å². The summed E-state index contributed by atoms with van der Waals surface area (Å²) in [4.78, 5) is 16.7. The van der Waals surface area contributed by atoms with Crippen LogP contribution in [0.4, 0.5) is 0 Å². The molecule has 0 aliphatic heterocycles. The first-order valence-electron chi connectivity index (χ1n) is 7.77. The maximum Gasteiger partial charge on any atom is 0.261 e. The predicted molar refractivity (Wildman–Crippen MR) is 108 cm³/mol. The molecular formula is C19H16ClIN2O2. The number of amides is 1. The van der Waals surface area contributed by atoms with Crippen LogP contribution in [-0.2, 0) is 11.3 Å². The van der Waals surface area contributed by atoms with Crippen molar-refractivity contribution in [3.8, 4) is 5.75 Å². The van der Waals surface area contributed by atoms with Crippen molar-refractivity contribution in [2.45, 2.75) is 19.6 Å². The quantitative estimate of drug-likeness (QED) is 0.560. The van der Waals surface area contributed by atoms with Gasteiger partial charge < -0.3 is 10.1 Å². The second kappa shape index (κ2) is 8.01. The molecule has 128 valence electrons. The number of carbonyl (C=O) groups is 1. The van der Waals surface area contributed by atoms with Gasteiger partial charge in [0.15, 0.2) is 11.9 Å². The summed E-state index contributed by atoms with van der Waals surface area (Å²) < 4.78 is 6.74. The van der Waals surface area contributed by atoms with E-state index in [0.717, 1.165) is 14.5 Å². The number of hydrogen-bond donors (Lipinski definition) is 1. The summed E-state index contributed by atoms with van der Waals surface area (Å²) in [6.07, 6.45) is 1.03. The van der Waals surface area contributed by atoms with Gasteiger partial charge in [-0.25, -0.2) is 0 Å². The second-order valence-electron chi connectivity index (χ2n) is 5.53. The first-order valence-corrected chi connectivity index (χ1v) is 9.23. The summed E-state index contributed by atoms with van der Waals surface area (Å²) in [5, 5.41) is 4.30. The van der Waals surface area contributed by atoms with Gasteiger partial charge in [-0.15, -0.1) is 0 Å². The molecule has 0 unspecified atom stereocenters. The van der Waals surface area contributed by atoms with E-state index in [1.54, 1.807) is 13.1 Å². The Balaban J connectivity index is 1.75. The third-order valence-electron chi connectivity index (χ3n) is 3.72. The Hall–Kier alpha value is -1.86. The molecule has 1 amide bonds. The first kappa shape index (κ1) is 17.9. The van der Waals surface area contributed by atoms with Gasteiger partial charge in [-0.1, -0.05) is 41.9 Å². The molecule has 6 heteroatoms. The summed E-state index contributed by atoms with van der Waals surface area (Å²) in [5.41, 5.74) is 1.69. The van der Waals surface area contributed by atoms with Gasteiger partial charge in [-0.3, -0.25) is 9.78 Å². The van der Waals surface area contributed by atoms with Gasteiger partial charge in [0, 0.05) is 18.1 Å². The van der Waals surface area contributed by atoms with E-state index in [0.29, 0.717) is 22.8 Å². The average Bonchev–Trinajstić information content (AvgIpc) is 2.63. The Morgan fingerprint density at radius 2 is 2.04 bits per heavy atom. The van der Waals surface area contributed by atoms with E-state index in [1.165, 1.54) is 0 Å². The van der Waals surface area contributed by atoms with E-state index >= 15 is 0 Å². The Morgan fingerprint density at radius 1 is 1.28 bits per heavy atom. The fourth-order valence-corrected chi connectivity index (χ4v) is 3.56. The minimum absolute atomic E-state index is 0.182. The molecule has 0 fully saturated rings. The highest BCUT2D eigenvalue weighted by Gasteiger charge is 2.19. The lowest BCUT2D eigenvalue weighted by Crippen LogP contribution is -2.36. The molecule has 0 radical (unpaired) electrons. The number of ether oxygens (including phenoxy) is 1. The number of fused-ring (bicyclic) bond motifs is 1. The summed E-state index contributed by atoms with van der Waals surface area (Å²) in [6.45, 7) is 2.18. The number of aromatic nitrogens is 1. The topological polar surface area (TPSA) is 51.2 Å². The minimum Gasteiger partial charge on any atom is -0.477 e. The molecule has 0 spiro atoms. The summed E-state index contributed by atoms with van der Waals surface area (Å²) in [6, 6.07) is 15.3. The molecule has 3 aromatic rings. The van der Waals surface area contributed by atoms with E-state index < -0.39 is 6.10 Å². The van der Waals surface area contributed by atoms with Crippen LogP contribution in [0.25, 0.3) is 10.9 Å². The van der Waals surface area contributed by atoms with Crippen molar-refractivity contribution >= 4 is 51.0 Å².